The van der Waals surface area contributed by atoms with Crippen molar-refractivity contribution in [3.8, 4) is 0 Å². The molecule has 0 atom stereocenters. The summed E-state index contributed by atoms with van der Waals surface area (Å²) in [5, 5.41) is 3.80. The van der Waals surface area contributed by atoms with Crippen molar-refractivity contribution < 1.29 is 36.8 Å². The Morgan fingerprint density at radius 1 is 1.00 bits per heavy atom. The standard InChI is InChI=1S/C4H4N2O3.Ag/c7-2-1-3(8)6-4(9)5-2;/h1H2,(H2,5,6,7,8,9);. The molecule has 0 bridgehead atoms. The molecule has 1 fully saturated rings. The fourth-order valence-corrected chi connectivity index (χ4v) is 0.519. The van der Waals surface area contributed by atoms with Crippen LogP contribution in [0.25, 0.3) is 0 Å². The Hall–Kier alpha value is -0.650. The summed E-state index contributed by atoms with van der Waals surface area (Å²) in [6.45, 7) is 0. The van der Waals surface area contributed by atoms with Crippen LogP contribution in [0.5, 0.6) is 0 Å². The fraction of sp³-hybridized carbons (Fsp3) is 0.250. The topological polar surface area (TPSA) is 75.3 Å². The van der Waals surface area contributed by atoms with E-state index >= 15 is 0 Å². The third-order valence-electron chi connectivity index (χ3n) is 0.827. The van der Waals surface area contributed by atoms with Gasteiger partial charge in [-0.1, -0.05) is 0 Å². The van der Waals surface area contributed by atoms with Crippen molar-refractivity contribution in [2.75, 3.05) is 0 Å². The van der Waals surface area contributed by atoms with Crippen molar-refractivity contribution >= 4 is 17.8 Å². The summed E-state index contributed by atoms with van der Waals surface area (Å²) < 4.78 is 0. The maximum absolute atomic E-state index is 10.3. The van der Waals surface area contributed by atoms with Crippen LogP contribution in [-0.2, 0) is 32.0 Å². The molecule has 0 unspecified atom stereocenters. The summed E-state index contributed by atoms with van der Waals surface area (Å²) in [5.41, 5.74) is 0. The summed E-state index contributed by atoms with van der Waals surface area (Å²) in [6, 6.07) is -0.740. The number of barbiturate groups is 1. The first-order valence-corrected chi connectivity index (χ1v) is 2.32. The van der Waals surface area contributed by atoms with Gasteiger partial charge in [-0.15, -0.1) is 0 Å². The van der Waals surface area contributed by atoms with Gasteiger partial charge in [0.25, 0.3) is 0 Å². The van der Waals surface area contributed by atoms with Crippen LogP contribution < -0.4 is 10.6 Å². The van der Waals surface area contributed by atoms with Gasteiger partial charge in [-0.05, 0) is 0 Å². The minimum atomic E-state index is -0.740. The Morgan fingerprint density at radius 3 is 1.70 bits per heavy atom. The SMILES string of the molecule is O=C1CC(=O)NC(=O)N1.[Ag]. The van der Waals surface area contributed by atoms with Gasteiger partial charge in [0, 0.05) is 22.4 Å². The molecule has 0 aromatic heterocycles. The number of nitrogens with one attached hydrogen (secondary N) is 2. The molecule has 1 rings (SSSR count). The van der Waals surface area contributed by atoms with Crippen LogP contribution >= 0.6 is 0 Å². The molecule has 2 N–H and O–H groups in total. The maximum atomic E-state index is 10.3. The summed E-state index contributed by atoms with van der Waals surface area (Å²) in [4.78, 5) is 30.8. The Labute approximate surface area is 72.0 Å². The first-order valence-electron chi connectivity index (χ1n) is 2.32. The zero-order valence-electron chi connectivity index (χ0n) is 4.73. The molecule has 4 amide bonds. The normalized spacial score (nSPS) is 17.0. The molecule has 0 spiro atoms. The summed E-state index contributed by atoms with van der Waals surface area (Å²) >= 11 is 0. The molecule has 1 aliphatic rings. The summed E-state index contributed by atoms with van der Waals surface area (Å²) in [5.74, 6) is -1.10. The van der Waals surface area contributed by atoms with E-state index in [1.54, 1.807) is 0 Å². The van der Waals surface area contributed by atoms with Crippen LogP contribution in [-0.4, -0.2) is 17.8 Å². The van der Waals surface area contributed by atoms with Crippen LogP contribution in [0, 0.1) is 0 Å². The molecule has 0 saturated carbocycles. The zero-order chi connectivity index (χ0) is 6.85. The van der Waals surface area contributed by atoms with Crippen LogP contribution in [0.4, 0.5) is 4.79 Å². The number of hydrogen-bond acceptors (Lipinski definition) is 3. The van der Waals surface area contributed by atoms with Crippen LogP contribution in [0.1, 0.15) is 6.42 Å². The Morgan fingerprint density at radius 2 is 1.40 bits per heavy atom. The van der Waals surface area contributed by atoms with E-state index in [-0.39, 0.29) is 28.8 Å². The van der Waals surface area contributed by atoms with Crippen LogP contribution in [0.3, 0.4) is 0 Å². The molecular weight excluding hydrogens is 232 g/mol. The first-order chi connectivity index (χ1) is 4.18. The average molecular weight is 236 g/mol. The molecule has 0 aromatic carbocycles. The number of carbonyl (C=O) groups is 3. The number of urea groups is 1. The van der Waals surface area contributed by atoms with E-state index in [2.05, 4.69) is 0 Å². The second kappa shape index (κ2) is 3.50. The molecular formula is C4H4AgN2O3. The monoisotopic (exact) mass is 235 g/mol. The van der Waals surface area contributed by atoms with Crippen LogP contribution in [0.2, 0.25) is 0 Å². The van der Waals surface area contributed by atoms with E-state index < -0.39 is 17.8 Å². The molecule has 1 saturated heterocycles. The predicted molar refractivity (Wildman–Crippen MR) is 26.3 cm³/mol. The molecule has 1 radical (unpaired) electrons. The van der Waals surface area contributed by atoms with Crippen LogP contribution in [0.15, 0.2) is 0 Å². The van der Waals surface area contributed by atoms with E-state index in [0.717, 1.165) is 0 Å². The molecule has 1 heterocycles. The first kappa shape index (κ1) is 9.35. The van der Waals surface area contributed by atoms with Gasteiger partial charge in [0.05, 0.1) is 0 Å². The molecule has 59 valence electrons. The van der Waals surface area contributed by atoms with E-state index in [0.29, 0.717) is 0 Å². The van der Waals surface area contributed by atoms with Crippen molar-refractivity contribution in [1.82, 2.24) is 10.6 Å². The molecule has 0 aliphatic carbocycles. The van der Waals surface area contributed by atoms with Crippen molar-refractivity contribution in [3.63, 3.8) is 0 Å². The Kier molecular flexibility index (Phi) is 3.27. The maximum Gasteiger partial charge on any atom is 0.328 e. The predicted octanol–water partition coefficient (Wildman–Crippen LogP) is -1.26. The zero-order valence-corrected chi connectivity index (χ0v) is 6.22. The second-order valence-corrected chi connectivity index (χ2v) is 1.60. The number of hydrogen-bond donors (Lipinski definition) is 2. The number of carbonyl (C=O) groups excluding carboxylic acids is 3. The third-order valence-corrected chi connectivity index (χ3v) is 0.827. The van der Waals surface area contributed by atoms with Gasteiger partial charge in [-0.25, -0.2) is 4.79 Å². The van der Waals surface area contributed by atoms with E-state index in [1.807, 2.05) is 10.6 Å². The van der Waals surface area contributed by atoms with Gasteiger partial charge in [-0.2, -0.15) is 0 Å². The molecule has 10 heavy (non-hydrogen) atoms. The molecule has 6 heteroatoms. The quantitative estimate of drug-likeness (QED) is 0.407. The fourth-order valence-electron chi connectivity index (χ4n) is 0.519. The minimum Gasteiger partial charge on any atom is -0.277 e. The Balaban J connectivity index is 0.000000810. The molecule has 1 aliphatic heterocycles. The Bertz CT molecular complexity index is 146. The number of amides is 4. The largest absolute Gasteiger partial charge is 0.328 e. The summed E-state index contributed by atoms with van der Waals surface area (Å²) in [6.07, 6.45) is -0.258. The third kappa shape index (κ3) is 2.30. The number of rotatable bonds is 0. The van der Waals surface area contributed by atoms with E-state index in [4.69, 9.17) is 0 Å². The van der Waals surface area contributed by atoms with Gasteiger partial charge in [-0.3, -0.25) is 20.2 Å². The molecule has 5 nitrogen and oxygen atoms in total. The van der Waals surface area contributed by atoms with Gasteiger partial charge < -0.3 is 0 Å². The van der Waals surface area contributed by atoms with Gasteiger partial charge >= 0.3 is 6.03 Å². The van der Waals surface area contributed by atoms with Crippen molar-refractivity contribution in [1.29, 1.82) is 0 Å². The van der Waals surface area contributed by atoms with Gasteiger partial charge in [0.1, 0.15) is 6.42 Å². The number of imide groups is 2. The van der Waals surface area contributed by atoms with Gasteiger partial charge in [0.15, 0.2) is 0 Å². The smallest absolute Gasteiger partial charge is 0.277 e. The van der Waals surface area contributed by atoms with E-state index in [9.17, 15) is 14.4 Å². The van der Waals surface area contributed by atoms with Crippen molar-refractivity contribution in [2.24, 2.45) is 0 Å². The minimum absolute atomic E-state index is 0. The second-order valence-electron chi connectivity index (χ2n) is 1.60. The molecule has 0 aromatic rings. The van der Waals surface area contributed by atoms with Crippen molar-refractivity contribution in [3.05, 3.63) is 0 Å². The summed E-state index contributed by atoms with van der Waals surface area (Å²) in [7, 11) is 0. The van der Waals surface area contributed by atoms with Crippen molar-refractivity contribution in [2.45, 2.75) is 6.42 Å². The van der Waals surface area contributed by atoms with E-state index in [1.165, 1.54) is 0 Å². The average Bonchev–Trinajstić information content (AvgIpc) is 1.59. The van der Waals surface area contributed by atoms with Gasteiger partial charge in [0.2, 0.25) is 11.8 Å².